The highest BCUT2D eigenvalue weighted by Gasteiger charge is 2.48. The number of fused-ring (bicyclic) bond motifs is 3. The number of carboxylic acids is 1. The summed E-state index contributed by atoms with van der Waals surface area (Å²) in [6, 6.07) is 1.84. The van der Waals surface area contributed by atoms with E-state index < -0.39 is 5.97 Å². The van der Waals surface area contributed by atoms with Crippen LogP contribution in [0, 0.1) is 11.8 Å². The highest BCUT2D eigenvalue weighted by atomic mass is 16.5. The lowest BCUT2D eigenvalue weighted by atomic mass is 9.68. The number of aryl methyl sites for hydroxylation is 1. The van der Waals surface area contributed by atoms with Crippen molar-refractivity contribution in [2.45, 2.75) is 58.5 Å². The van der Waals surface area contributed by atoms with Crippen LogP contribution in [0.1, 0.15) is 67.4 Å². The largest absolute Gasteiger partial charge is 0.507 e. The quantitative estimate of drug-likeness (QED) is 0.797. The van der Waals surface area contributed by atoms with E-state index >= 15 is 0 Å². The van der Waals surface area contributed by atoms with E-state index in [0.29, 0.717) is 29.2 Å². The Morgan fingerprint density at radius 3 is 2.71 bits per heavy atom. The molecule has 4 nitrogen and oxygen atoms in total. The fourth-order valence-electron chi connectivity index (χ4n) is 4.46. The van der Waals surface area contributed by atoms with Gasteiger partial charge in [-0.25, -0.2) is 4.79 Å². The van der Waals surface area contributed by atoms with Crippen LogP contribution in [0.2, 0.25) is 0 Å². The van der Waals surface area contributed by atoms with Gasteiger partial charge in [0.05, 0.1) is 0 Å². The van der Waals surface area contributed by atoms with Crippen molar-refractivity contribution < 1.29 is 19.7 Å². The molecule has 0 aromatic heterocycles. The molecule has 130 valence electrons. The van der Waals surface area contributed by atoms with Crippen molar-refractivity contribution in [3.8, 4) is 11.5 Å². The van der Waals surface area contributed by atoms with Gasteiger partial charge in [0, 0.05) is 11.5 Å². The first-order chi connectivity index (χ1) is 11.4. The summed E-state index contributed by atoms with van der Waals surface area (Å²) >= 11 is 0. The van der Waals surface area contributed by atoms with E-state index in [1.165, 1.54) is 0 Å². The van der Waals surface area contributed by atoms with Gasteiger partial charge in [0.2, 0.25) is 0 Å². The summed E-state index contributed by atoms with van der Waals surface area (Å²) in [7, 11) is 0. The lowest BCUT2D eigenvalue weighted by molar-refractivity contribution is 0.0692. The summed E-state index contributed by atoms with van der Waals surface area (Å²) < 4.78 is 6.21. The number of hydrogen-bond donors (Lipinski definition) is 2. The summed E-state index contributed by atoms with van der Waals surface area (Å²) in [6.45, 7) is 10.3. The molecule has 1 fully saturated rings. The lowest BCUT2D eigenvalue weighted by Crippen LogP contribution is -2.36. The van der Waals surface area contributed by atoms with Crippen molar-refractivity contribution in [3.63, 3.8) is 0 Å². The molecule has 0 saturated heterocycles. The molecule has 1 aromatic rings. The van der Waals surface area contributed by atoms with Crippen molar-refractivity contribution in [2.24, 2.45) is 11.8 Å². The molecule has 0 bridgehead atoms. The second-order valence-corrected chi connectivity index (χ2v) is 7.34. The first-order valence-electron chi connectivity index (χ1n) is 8.80. The summed E-state index contributed by atoms with van der Waals surface area (Å²) in [5, 5.41) is 20.4. The van der Waals surface area contributed by atoms with Gasteiger partial charge in [0.25, 0.3) is 0 Å². The van der Waals surface area contributed by atoms with Crippen LogP contribution in [-0.2, 0) is 6.42 Å². The van der Waals surface area contributed by atoms with Crippen LogP contribution in [-0.4, -0.2) is 22.3 Å². The maximum absolute atomic E-state index is 11.7. The summed E-state index contributed by atoms with van der Waals surface area (Å²) in [5.41, 5.74) is 2.44. The molecular weight excluding hydrogens is 304 g/mol. The molecule has 0 radical (unpaired) electrons. The molecule has 1 aromatic carbocycles. The van der Waals surface area contributed by atoms with Gasteiger partial charge in [0.1, 0.15) is 23.2 Å². The normalized spacial score (nSPS) is 28.0. The van der Waals surface area contributed by atoms with E-state index in [-0.39, 0.29) is 29.3 Å². The van der Waals surface area contributed by atoms with Crippen LogP contribution < -0.4 is 4.74 Å². The number of aromatic hydroxyl groups is 1. The number of hydrogen-bond acceptors (Lipinski definition) is 3. The highest BCUT2D eigenvalue weighted by Crippen LogP contribution is 2.56. The smallest absolute Gasteiger partial charge is 0.339 e. The van der Waals surface area contributed by atoms with Gasteiger partial charge >= 0.3 is 5.97 Å². The van der Waals surface area contributed by atoms with Crippen molar-refractivity contribution in [1.82, 2.24) is 0 Å². The number of carbonyl (C=O) groups is 1. The van der Waals surface area contributed by atoms with E-state index in [1.807, 2.05) is 19.9 Å². The number of ether oxygens (including phenoxy) is 1. The molecule has 2 aliphatic rings. The van der Waals surface area contributed by atoms with Crippen molar-refractivity contribution in [1.29, 1.82) is 0 Å². The van der Waals surface area contributed by atoms with Crippen LogP contribution in [0.5, 0.6) is 11.5 Å². The zero-order valence-corrected chi connectivity index (χ0v) is 14.6. The Bertz CT molecular complexity index is 691. The molecule has 1 aliphatic heterocycles. The first-order valence-corrected chi connectivity index (χ1v) is 8.80. The van der Waals surface area contributed by atoms with Crippen molar-refractivity contribution in [3.05, 3.63) is 34.9 Å². The summed E-state index contributed by atoms with van der Waals surface area (Å²) in [6.07, 6.45) is 3.47. The van der Waals surface area contributed by atoms with Gasteiger partial charge in [-0.1, -0.05) is 32.4 Å². The Morgan fingerprint density at radius 1 is 1.42 bits per heavy atom. The number of phenols is 1. The molecule has 4 atom stereocenters. The summed E-state index contributed by atoms with van der Waals surface area (Å²) in [4.78, 5) is 11.7. The van der Waals surface area contributed by atoms with Gasteiger partial charge in [-0.2, -0.15) is 0 Å². The molecule has 3 rings (SSSR count). The number of rotatable bonds is 4. The van der Waals surface area contributed by atoms with E-state index in [2.05, 4.69) is 13.5 Å². The van der Waals surface area contributed by atoms with Crippen molar-refractivity contribution >= 4 is 5.97 Å². The average molecular weight is 330 g/mol. The standard InChI is InChI=1S/C20H26O4/c1-5-6-12-9-14-17(18(21)15(12)20(22)23)16-13(10(2)3)8-7-11(4)19(16)24-14/h9,11,13,16,19,21H,2,5-8H2,1,3-4H3,(H,22,23). The highest BCUT2D eigenvalue weighted by molar-refractivity contribution is 5.94. The Labute approximate surface area is 143 Å². The number of carboxylic acid groups (broad SMARTS) is 1. The van der Waals surface area contributed by atoms with E-state index in [4.69, 9.17) is 4.74 Å². The first kappa shape index (κ1) is 16.9. The SMILES string of the molecule is C=C(C)C1CCC(C)C2Oc3cc(CCC)c(C(=O)O)c(O)c3C12. The second-order valence-electron chi connectivity index (χ2n) is 7.34. The molecule has 0 amide bonds. The predicted octanol–water partition coefficient (Wildman–Crippen LogP) is 4.51. The third kappa shape index (κ3) is 2.48. The summed E-state index contributed by atoms with van der Waals surface area (Å²) in [5.74, 6) is 0.0810. The fraction of sp³-hybridized carbons (Fsp3) is 0.550. The maximum atomic E-state index is 11.7. The minimum atomic E-state index is -1.07. The Balaban J connectivity index is 2.18. The molecule has 0 spiro atoms. The van der Waals surface area contributed by atoms with Gasteiger partial charge in [-0.3, -0.25) is 0 Å². The number of aromatic carboxylic acids is 1. The Hall–Kier alpha value is -1.97. The molecule has 1 saturated carbocycles. The fourth-order valence-corrected chi connectivity index (χ4v) is 4.46. The molecule has 2 N–H and O–H groups in total. The molecular formula is C20H26O4. The minimum absolute atomic E-state index is 0.00461. The zero-order valence-electron chi connectivity index (χ0n) is 14.6. The predicted molar refractivity (Wildman–Crippen MR) is 92.9 cm³/mol. The molecule has 24 heavy (non-hydrogen) atoms. The van der Waals surface area contributed by atoms with Gasteiger partial charge in [-0.05, 0) is 49.7 Å². The molecule has 1 aliphatic carbocycles. The third-order valence-corrected chi connectivity index (χ3v) is 5.63. The van der Waals surface area contributed by atoms with Gasteiger partial charge in [-0.15, -0.1) is 0 Å². The van der Waals surface area contributed by atoms with Gasteiger partial charge < -0.3 is 14.9 Å². The zero-order chi connectivity index (χ0) is 17.6. The number of allylic oxidation sites excluding steroid dienone is 1. The van der Waals surface area contributed by atoms with Crippen LogP contribution >= 0.6 is 0 Å². The van der Waals surface area contributed by atoms with Crippen LogP contribution in [0.15, 0.2) is 18.2 Å². The third-order valence-electron chi connectivity index (χ3n) is 5.63. The molecule has 4 unspecified atom stereocenters. The minimum Gasteiger partial charge on any atom is -0.507 e. The molecule has 1 heterocycles. The monoisotopic (exact) mass is 330 g/mol. The lowest BCUT2D eigenvalue weighted by Gasteiger charge is -2.37. The van der Waals surface area contributed by atoms with E-state index in [0.717, 1.165) is 24.8 Å². The van der Waals surface area contributed by atoms with Crippen LogP contribution in [0.4, 0.5) is 0 Å². The average Bonchev–Trinajstić information content (AvgIpc) is 2.87. The van der Waals surface area contributed by atoms with Crippen molar-refractivity contribution in [2.75, 3.05) is 0 Å². The van der Waals surface area contributed by atoms with E-state index in [9.17, 15) is 15.0 Å². The Morgan fingerprint density at radius 2 is 2.12 bits per heavy atom. The topological polar surface area (TPSA) is 66.8 Å². The molecule has 4 heteroatoms. The number of benzene rings is 1. The second kappa shape index (κ2) is 6.15. The van der Waals surface area contributed by atoms with Crippen LogP contribution in [0.3, 0.4) is 0 Å². The van der Waals surface area contributed by atoms with Crippen LogP contribution in [0.25, 0.3) is 0 Å². The van der Waals surface area contributed by atoms with E-state index in [1.54, 1.807) is 0 Å². The maximum Gasteiger partial charge on any atom is 0.339 e. The van der Waals surface area contributed by atoms with Gasteiger partial charge in [0.15, 0.2) is 0 Å². The Kier molecular flexibility index (Phi) is 4.33.